The number of β-amino-alcohol motifs (C(OH)–C–C–N with tert-alkyl or cyclic N) is 1. The highest BCUT2D eigenvalue weighted by atomic mass is 127. The molecule has 1 unspecified atom stereocenters. The largest absolute Gasteiger partial charge is 0.464 e. The van der Waals surface area contributed by atoms with Crippen molar-refractivity contribution in [2.45, 2.75) is 49.0 Å². The van der Waals surface area contributed by atoms with Gasteiger partial charge < -0.3 is 25.1 Å². The van der Waals surface area contributed by atoms with Crippen LogP contribution in [-0.4, -0.2) is 42.8 Å². The van der Waals surface area contributed by atoms with Gasteiger partial charge in [-0.3, -0.25) is 0 Å². The van der Waals surface area contributed by atoms with Crippen LogP contribution in [0.4, 0.5) is 5.82 Å². The summed E-state index contributed by atoms with van der Waals surface area (Å²) in [4.78, 5) is 14.1. The highest BCUT2D eigenvalue weighted by Gasteiger charge is 2.20. The number of rotatable bonds is 6. The number of hydrogen-bond acceptors (Lipinski definition) is 8. The number of nitrogens with one attached hydrogen (secondary N) is 1. The first kappa shape index (κ1) is 21.3. The van der Waals surface area contributed by atoms with Crippen LogP contribution in [0.3, 0.4) is 0 Å². The number of nitrogens with two attached hydrogens (primary N) is 1. The Labute approximate surface area is 191 Å². The van der Waals surface area contributed by atoms with E-state index >= 15 is 0 Å². The minimum atomic E-state index is -0.621. The lowest BCUT2D eigenvalue weighted by atomic mass is 10.1. The van der Waals surface area contributed by atoms with Crippen molar-refractivity contribution in [3.63, 3.8) is 0 Å². The SMILES string of the molecule is CC(C)(C)NCC(O)Cn1c(Sc2cc3occc3cc2I)nc2c(N)ncnc21. The molecule has 0 bridgehead atoms. The molecule has 0 saturated carbocycles. The molecule has 0 saturated heterocycles. The quantitative estimate of drug-likeness (QED) is 0.319. The maximum atomic E-state index is 10.7. The predicted octanol–water partition coefficient (Wildman–Crippen LogP) is 3.66. The van der Waals surface area contributed by atoms with Crippen molar-refractivity contribution < 1.29 is 9.52 Å². The van der Waals surface area contributed by atoms with Gasteiger partial charge in [-0.25, -0.2) is 15.0 Å². The molecule has 0 spiro atoms. The zero-order chi connectivity index (χ0) is 21.5. The summed E-state index contributed by atoms with van der Waals surface area (Å²) < 4.78 is 8.53. The number of aliphatic hydroxyl groups is 1. The number of hydrogen-bond donors (Lipinski definition) is 3. The van der Waals surface area contributed by atoms with E-state index in [1.165, 1.54) is 18.1 Å². The van der Waals surface area contributed by atoms with Crippen LogP contribution >= 0.6 is 34.4 Å². The topological polar surface area (TPSA) is 115 Å². The van der Waals surface area contributed by atoms with E-state index in [1.807, 2.05) is 16.7 Å². The molecule has 3 heterocycles. The third-order valence-electron chi connectivity index (χ3n) is 4.49. The lowest BCUT2D eigenvalue weighted by Crippen LogP contribution is -2.42. The standard InChI is InChI=1S/C20H23IN6O2S/c1-20(2,3)25-8-12(28)9-27-18-16(17(22)23-10-24-18)26-19(27)30-15-7-14-11(4-5-29-14)6-13(15)21/h4-7,10,12,25,28H,8-9H2,1-3H3,(H2,22,23,24). The van der Waals surface area contributed by atoms with Gasteiger partial charge in [0.25, 0.3) is 0 Å². The van der Waals surface area contributed by atoms with Gasteiger partial charge in [-0.2, -0.15) is 0 Å². The van der Waals surface area contributed by atoms with Crippen LogP contribution in [0.5, 0.6) is 0 Å². The first-order chi connectivity index (χ1) is 14.2. The number of furan rings is 1. The van der Waals surface area contributed by atoms with Crippen molar-refractivity contribution in [3.05, 3.63) is 34.4 Å². The fourth-order valence-electron chi connectivity index (χ4n) is 3.02. The van der Waals surface area contributed by atoms with Crippen molar-refractivity contribution in [3.8, 4) is 0 Å². The summed E-state index contributed by atoms with van der Waals surface area (Å²) in [7, 11) is 0. The summed E-state index contributed by atoms with van der Waals surface area (Å²) >= 11 is 3.79. The molecule has 1 atom stereocenters. The van der Waals surface area contributed by atoms with Gasteiger partial charge in [-0.1, -0.05) is 11.8 Å². The number of fused-ring (bicyclic) bond motifs is 2. The number of nitrogen functional groups attached to an aromatic ring is 1. The van der Waals surface area contributed by atoms with E-state index in [-0.39, 0.29) is 5.54 Å². The fraction of sp³-hybridized carbons (Fsp3) is 0.350. The van der Waals surface area contributed by atoms with Crippen molar-refractivity contribution in [1.29, 1.82) is 0 Å². The molecule has 0 fully saturated rings. The number of halogens is 1. The number of aromatic nitrogens is 4. The monoisotopic (exact) mass is 538 g/mol. The van der Waals surface area contributed by atoms with E-state index in [0.29, 0.717) is 35.2 Å². The number of imidazole rings is 1. The number of benzene rings is 1. The molecule has 3 aromatic heterocycles. The van der Waals surface area contributed by atoms with Crippen LogP contribution in [0.15, 0.2) is 45.3 Å². The van der Waals surface area contributed by atoms with E-state index in [2.05, 4.69) is 69.7 Å². The Morgan fingerprint density at radius 3 is 2.90 bits per heavy atom. The Kier molecular flexibility index (Phi) is 5.93. The third kappa shape index (κ3) is 4.56. The molecule has 30 heavy (non-hydrogen) atoms. The molecule has 4 rings (SSSR count). The summed E-state index contributed by atoms with van der Waals surface area (Å²) in [5.74, 6) is 0.319. The van der Waals surface area contributed by atoms with Gasteiger partial charge in [0.05, 0.1) is 18.9 Å². The molecular weight excluding hydrogens is 515 g/mol. The summed E-state index contributed by atoms with van der Waals surface area (Å²) in [5, 5.41) is 15.7. The van der Waals surface area contributed by atoms with Crippen LogP contribution in [-0.2, 0) is 6.54 Å². The van der Waals surface area contributed by atoms with E-state index in [9.17, 15) is 5.11 Å². The summed E-state index contributed by atoms with van der Waals surface area (Å²) in [6.45, 7) is 6.97. The van der Waals surface area contributed by atoms with Gasteiger partial charge in [-0.15, -0.1) is 0 Å². The molecule has 0 aliphatic heterocycles. The summed E-state index contributed by atoms with van der Waals surface area (Å²) in [6.07, 6.45) is 2.48. The second-order valence-corrected chi connectivity index (χ2v) is 10.2. The van der Waals surface area contributed by atoms with Gasteiger partial charge in [0, 0.05) is 25.9 Å². The molecule has 1 aromatic carbocycles. The molecule has 10 heteroatoms. The number of nitrogens with zero attached hydrogens (tertiary/aromatic N) is 4. The van der Waals surface area contributed by atoms with Crippen LogP contribution in [0.1, 0.15) is 20.8 Å². The molecule has 0 amide bonds. The van der Waals surface area contributed by atoms with Crippen LogP contribution in [0.25, 0.3) is 22.1 Å². The normalized spacial score (nSPS) is 13.4. The molecule has 0 radical (unpaired) electrons. The van der Waals surface area contributed by atoms with E-state index < -0.39 is 6.10 Å². The zero-order valence-electron chi connectivity index (χ0n) is 16.9. The molecule has 158 valence electrons. The van der Waals surface area contributed by atoms with E-state index in [0.717, 1.165) is 19.4 Å². The number of anilines is 1. The highest BCUT2D eigenvalue weighted by Crippen LogP contribution is 2.36. The first-order valence-electron chi connectivity index (χ1n) is 9.45. The highest BCUT2D eigenvalue weighted by molar-refractivity contribution is 14.1. The Morgan fingerprint density at radius 2 is 2.13 bits per heavy atom. The van der Waals surface area contributed by atoms with E-state index in [1.54, 1.807) is 6.26 Å². The third-order valence-corrected chi connectivity index (χ3v) is 6.81. The van der Waals surface area contributed by atoms with Gasteiger partial charge in [0.2, 0.25) is 0 Å². The van der Waals surface area contributed by atoms with Crippen molar-refractivity contribution in [2.75, 3.05) is 12.3 Å². The lowest BCUT2D eigenvalue weighted by Gasteiger charge is -2.23. The van der Waals surface area contributed by atoms with Crippen molar-refractivity contribution in [2.24, 2.45) is 0 Å². The van der Waals surface area contributed by atoms with Gasteiger partial charge >= 0.3 is 0 Å². The minimum absolute atomic E-state index is 0.0866. The summed E-state index contributed by atoms with van der Waals surface area (Å²) in [5.41, 5.74) is 7.91. The van der Waals surface area contributed by atoms with Crippen LogP contribution < -0.4 is 11.1 Å². The average molecular weight is 538 g/mol. The van der Waals surface area contributed by atoms with Crippen LogP contribution in [0, 0.1) is 3.57 Å². The Hall–Kier alpha value is -1.89. The van der Waals surface area contributed by atoms with E-state index in [4.69, 9.17) is 10.2 Å². The van der Waals surface area contributed by atoms with Gasteiger partial charge in [0.1, 0.15) is 11.9 Å². The molecule has 0 aliphatic rings. The summed E-state index contributed by atoms with van der Waals surface area (Å²) in [6, 6.07) is 6.01. The number of aliphatic hydroxyl groups excluding tert-OH is 1. The zero-order valence-corrected chi connectivity index (χ0v) is 19.9. The van der Waals surface area contributed by atoms with Gasteiger partial charge in [0.15, 0.2) is 22.1 Å². The molecular formula is C20H23IN6O2S. The lowest BCUT2D eigenvalue weighted by molar-refractivity contribution is 0.140. The smallest absolute Gasteiger partial charge is 0.175 e. The second-order valence-electron chi connectivity index (χ2n) is 8.06. The maximum absolute atomic E-state index is 10.7. The van der Waals surface area contributed by atoms with Crippen molar-refractivity contribution in [1.82, 2.24) is 24.8 Å². The predicted molar refractivity (Wildman–Crippen MR) is 127 cm³/mol. The van der Waals surface area contributed by atoms with Crippen molar-refractivity contribution >= 4 is 62.3 Å². The molecule has 0 aliphatic carbocycles. The Morgan fingerprint density at radius 1 is 1.33 bits per heavy atom. The minimum Gasteiger partial charge on any atom is -0.464 e. The molecule has 4 N–H and O–H groups in total. The Bertz CT molecular complexity index is 1200. The Balaban J connectivity index is 1.70. The van der Waals surface area contributed by atoms with Gasteiger partial charge in [-0.05, 0) is 61.6 Å². The maximum Gasteiger partial charge on any atom is 0.175 e. The average Bonchev–Trinajstić information content (AvgIpc) is 3.25. The second kappa shape index (κ2) is 8.33. The first-order valence-corrected chi connectivity index (χ1v) is 11.4. The molecule has 8 nitrogen and oxygen atoms in total. The van der Waals surface area contributed by atoms with Crippen LogP contribution in [0.2, 0.25) is 0 Å². The fourth-order valence-corrected chi connectivity index (χ4v) is 4.76. The molecule has 4 aromatic rings.